The smallest absolute Gasteiger partial charge is 0.307 e. The van der Waals surface area contributed by atoms with Crippen LogP contribution in [0.1, 0.15) is 18.4 Å². The molecule has 0 saturated heterocycles. The average molecular weight is 317 g/mol. The number of nitrogens with one attached hydrogen (secondary N) is 1. The summed E-state index contributed by atoms with van der Waals surface area (Å²) in [6, 6.07) is 5.43. The third-order valence-corrected chi connectivity index (χ3v) is 3.51. The number of hydrogen-bond acceptors (Lipinski definition) is 5. The van der Waals surface area contributed by atoms with Crippen LogP contribution in [0.4, 0.5) is 0 Å². The second kappa shape index (κ2) is 7.53. The maximum Gasteiger partial charge on any atom is 0.307 e. The van der Waals surface area contributed by atoms with Gasteiger partial charge in [-0.15, -0.1) is 0 Å². The minimum Gasteiger partial charge on any atom is -0.469 e. The van der Waals surface area contributed by atoms with Gasteiger partial charge in [0.25, 0.3) is 5.56 Å². The van der Waals surface area contributed by atoms with Crippen molar-refractivity contribution in [3.8, 4) is 0 Å². The molecular weight excluding hydrogens is 298 g/mol. The lowest BCUT2D eigenvalue weighted by atomic mass is 10.1. The molecule has 122 valence electrons. The minimum atomic E-state index is -0.379. The van der Waals surface area contributed by atoms with Gasteiger partial charge in [0.2, 0.25) is 5.91 Å². The van der Waals surface area contributed by atoms with Crippen molar-refractivity contribution in [3.05, 3.63) is 40.4 Å². The van der Waals surface area contributed by atoms with Gasteiger partial charge in [0.15, 0.2) is 0 Å². The summed E-state index contributed by atoms with van der Waals surface area (Å²) in [5.74, 6) is -0.610. The molecule has 0 saturated carbocycles. The zero-order valence-electron chi connectivity index (χ0n) is 13.2. The summed E-state index contributed by atoms with van der Waals surface area (Å²) in [5, 5.41) is 3.15. The van der Waals surface area contributed by atoms with E-state index < -0.39 is 0 Å². The molecule has 0 fully saturated rings. The quantitative estimate of drug-likeness (QED) is 0.795. The van der Waals surface area contributed by atoms with Gasteiger partial charge in [-0.25, -0.2) is 4.98 Å². The van der Waals surface area contributed by atoms with Crippen LogP contribution < -0.4 is 10.9 Å². The molecule has 0 unspecified atom stereocenters. The van der Waals surface area contributed by atoms with Crippen molar-refractivity contribution in [1.29, 1.82) is 0 Å². The lowest BCUT2D eigenvalue weighted by Gasteiger charge is -2.08. The third-order valence-electron chi connectivity index (χ3n) is 3.51. The molecule has 0 bridgehead atoms. The first kappa shape index (κ1) is 16.7. The topological polar surface area (TPSA) is 90.3 Å². The second-order valence-corrected chi connectivity index (χ2v) is 5.14. The summed E-state index contributed by atoms with van der Waals surface area (Å²) < 4.78 is 5.90. The molecule has 7 heteroatoms. The number of para-hydroxylation sites is 1. The van der Waals surface area contributed by atoms with E-state index in [4.69, 9.17) is 0 Å². The number of aryl methyl sites for hydroxylation is 2. The normalized spacial score (nSPS) is 10.5. The fourth-order valence-corrected chi connectivity index (χ4v) is 2.21. The summed E-state index contributed by atoms with van der Waals surface area (Å²) in [7, 11) is 1.30. The van der Waals surface area contributed by atoms with Crippen LogP contribution in [0.15, 0.2) is 29.3 Å². The number of fused-ring (bicyclic) bond motifs is 1. The van der Waals surface area contributed by atoms with Gasteiger partial charge in [-0.3, -0.25) is 19.0 Å². The number of esters is 1. The Morgan fingerprint density at radius 1 is 1.30 bits per heavy atom. The first-order valence-electron chi connectivity index (χ1n) is 7.31. The van der Waals surface area contributed by atoms with E-state index in [-0.39, 0.29) is 43.4 Å². The number of hydrogen-bond donors (Lipinski definition) is 1. The van der Waals surface area contributed by atoms with Crippen molar-refractivity contribution in [2.45, 2.75) is 26.3 Å². The van der Waals surface area contributed by atoms with Gasteiger partial charge in [0.1, 0.15) is 0 Å². The van der Waals surface area contributed by atoms with Gasteiger partial charge in [-0.1, -0.05) is 12.1 Å². The van der Waals surface area contributed by atoms with Gasteiger partial charge in [0, 0.05) is 19.5 Å². The average Bonchev–Trinajstić information content (AvgIpc) is 2.54. The van der Waals surface area contributed by atoms with Crippen molar-refractivity contribution < 1.29 is 14.3 Å². The van der Waals surface area contributed by atoms with E-state index >= 15 is 0 Å². The number of rotatable bonds is 6. The predicted molar refractivity (Wildman–Crippen MR) is 85.0 cm³/mol. The van der Waals surface area contributed by atoms with E-state index in [2.05, 4.69) is 15.0 Å². The Hall–Kier alpha value is -2.70. The van der Waals surface area contributed by atoms with Crippen molar-refractivity contribution in [2.75, 3.05) is 13.7 Å². The van der Waals surface area contributed by atoms with Crippen LogP contribution in [0.25, 0.3) is 10.9 Å². The van der Waals surface area contributed by atoms with Crippen molar-refractivity contribution >= 4 is 22.8 Å². The predicted octanol–water partition coefficient (Wildman–Crippen LogP) is 0.774. The summed E-state index contributed by atoms with van der Waals surface area (Å²) in [6.45, 7) is 2.35. The van der Waals surface area contributed by atoms with Gasteiger partial charge in [0.05, 0.1) is 30.8 Å². The molecule has 1 aromatic heterocycles. The van der Waals surface area contributed by atoms with E-state index in [1.54, 1.807) is 6.07 Å². The zero-order chi connectivity index (χ0) is 16.8. The largest absolute Gasteiger partial charge is 0.469 e. The van der Waals surface area contributed by atoms with Gasteiger partial charge < -0.3 is 10.1 Å². The number of carbonyl (C=O) groups is 2. The number of aromatic nitrogens is 2. The fraction of sp³-hybridized carbons (Fsp3) is 0.375. The molecule has 1 aromatic carbocycles. The summed E-state index contributed by atoms with van der Waals surface area (Å²) in [5.41, 5.74) is 1.45. The van der Waals surface area contributed by atoms with Crippen LogP contribution >= 0.6 is 0 Å². The van der Waals surface area contributed by atoms with E-state index in [0.29, 0.717) is 10.9 Å². The Morgan fingerprint density at radius 2 is 2.09 bits per heavy atom. The zero-order valence-corrected chi connectivity index (χ0v) is 13.2. The SMILES string of the molecule is COC(=O)CCNC(=O)CCn1cnc2c(C)cccc2c1=O. The molecule has 1 heterocycles. The van der Waals surface area contributed by atoms with Crippen LogP contribution in [-0.4, -0.2) is 35.1 Å². The monoisotopic (exact) mass is 317 g/mol. The number of nitrogens with zero attached hydrogens (tertiary/aromatic N) is 2. The number of methoxy groups -OCH3 is 1. The number of amides is 1. The molecule has 0 aliphatic rings. The maximum absolute atomic E-state index is 12.4. The molecule has 0 aliphatic carbocycles. The Balaban J connectivity index is 1.97. The first-order valence-corrected chi connectivity index (χ1v) is 7.31. The van der Waals surface area contributed by atoms with Crippen molar-refractivity contribution in [2.24, 2.45) is 0 Å². The van der Waals surface area contributed by atoms with Gasteiger partial charge in [-0.05, 0) is 18.6 Å². The van der Waals surface area contributed by atoms with E-state index in [1.165, 1.54) is 18.0 Å². The highest BCUT2D eigenvalue weighted by Crippen LogP contribution is 2.11. The van der Waals surface area contributed by atoms with Crippen LogP contribution in [0.5, 0.6) is 0 Å². The minimum absolute atomic E-state index is 0.124. The molecule has 0 atom stereocenters. The highest BCUT2D eigenvalue weighted by molar-refractivity contribution is 5.80. The molecule has 2 rings (SSSR count). The van der Waals surface area contributed by atoms with Gasteiger partial charge >= 0.3 is 5.97 Å². The van der Waals surface area contributed by atoms with Crippen LogP contribution in [0.2, 0.25) is 0 Å². The van der Waals surface area contributed by atoms with Crippen LogP contribution in [-0.2, 0) is 20.9 Å². The standard InChI is InChI=1S/C16H19N3O4/c1-11-4-3-5-12-15(11)18-10-19(16(12)22)9-7-13(20)17-8-6-14(21)23-2/h3-5,10H,6-9H2,1-2H3,(H,17,20). The Labute approximate surface area is 133 Å². The second-order valence-electron chi connectivity index (χ2n) is 5.14. The number of benzene rings is 1. The summed E-state index contributed by atoms with van der Waals surface area (Å²) in [4.78, 5) is 39.3. The highest BCUT2D eigenvalue weighted by atomic mass is 16.5. The Kier molecular flexibility index (Phi) is 5.46. The molecule has 0 radical (unpaired) electrons. The lowest BCUT2D eigenvalue weighted by molar-refractivity contribution is -0.140. The summed E-state index contributed by atoms with van der Waals surface area (Å²) >= 11 is 0. The highest BCUT2D eigenvalue weighted by Gasteiger charge is 2.08. The third kappa shape index (κ3) is 4.15. The number of carbonyl (C=O) groups excluding carboxylic acids is 2. The Bertz CT molecular complexity index is 782. The molecule has 1 amide bonds. The maximum atomic E-state index is 12.4. The lowest BCUT2D eigenvalue weighted by Crippen LogP contribution is -2.29. The first-order chi connectivity index (χ1) is 11.0. The molecule has 1 N–H and O–H groups in total. The van der Waals surface area contributed by atoms with E-state index in [1.807, 2.05) is 19.1 Å². The van der Waals surface area contributed by atoms with Gasteiger partial charge in [-0.2, -0.15) is 0 Å². The molecule has 2 aromatic rings. The van der Waals surface area contributed by atoms with Crippen molar-refractivity contribution in [1.82, 2.24) is 14.9 Å². The van der Waals surface area contributed by atoms with E-state index in [0.717, 1.165) is 5.56 Å². The summed E-state index contributed by atoms with van der Waals surface area (Å²) in [6.07, 6.45) is 1.72. The van der Waals surface area contributed by atoms with Crippen LogP contribution in [0.3, 0.4) is 0 Å². The van der Waals surface area contributed by atoms with Crippen molar-refractivity contribution in [3.63, 3.8) is 0 Å². The molecular formula is C16H19N3O4. The van der Waals surface area contributed by atoms with Crippen LogP contribution in [0, 0.1) is 6.92 Å². The Morgan fingerprint density at radius 3 is 2.83 bits per heavy atom. The molecule has 0 aliphatic heterocycles. The molecule has 7 nitrogen and oxygen atoms in total. The van der Waals surface area contributed by atoms with E-state index in [9.17, 15) is 14.4 Å². The number of ether oxygens (including phenoxy) is 1. The molecule has 23 heavy (non-hydrogen) atoms. The fourth-order valence-electron chi connectivity index (χ4n) is 2.21. The molecule has 0 spiro atoms.